The number of carbonyl (C=O) groups is 1. The number of benzene rings is 1. The maximum Gasteiger partial charge on any atom is 0.340 e. The van der Waals surface area contributed by atoms with Crippen LogP contribution in [0.2, 0.25) is 0 Å². The van der Waals surface area contributed by atoms with Gasteiger partial charge in [0.15, 0.2) is 0 Å². The van der Waals surface area contributed by atoms with Crippen LogP contribution in [-0.4, -0.2) is 45.2 Å². The Bertz CT molecular complexity index is 445. The number of rotatable bonds is 6. The average molecular weight is 266 g/mol. The van der Waals surface area contributed by atoms with Crippen molar-refractivity contribution in [3.05, 3.63) is 23.3 Å². The number of nitrogen functional groups attached to an aromatic ring is 1. The summed E-state index contributed by atoms with van der Waals surface area (Å²) in [7, 11) is 5.37. The summed E-state index contributed by atoms with van der Waals surface area (Å²) in [5, 5.41) is 0. The highest BCUT2D eigenvalue weighted by atomic mass is 16.5. The first-order valence-electron chi connectivity index (χ1n) is 6.21. The zero-order valence-electron chi connectivity index (χ0n) is 12.0. The van der Waals surface area contributed by atoms with E-state index in [0.29, 0.717) is 23.6 Å². The molecule has 0 saturated carbocycles. The lowest BCUT2D eigenvalue weighted by molar-refractivity contribution is 0.0601. The predicted molar refractivity (Wildman–Crippen MR) is 75.6 cm³/mol. The van der Waals surface area contributed by atoms with Crippen molar-refractivity contribution in [3.8, 4) is 5.75 Å². The number of methoxy groups -OCH3 is 1. The lowest BCUT2D eigenvalue weighted by atomic mass is 10.1. The molecule has 5 nitrogen and oxygen atoms in total. The normalized spacial score (nSPS) is 10.6. The Kier molecular flexibility index (Phi) is 5.63. The van der Waals surface area contributed by atoms with Gasteiger partial charge in [0.1, 0.15) is 5.75 Å². The van der Waals surface area contributed by atoms with Crippen LogP contribution in [0.25, 0.3) is 0 Å². The Morgan fingerprint density at radius 2 is 2.05 bits per heavy atom. The van der Waals surface area contributed by atoms with Crippen molar-refractivity contribution in [2.45, 2.75) is 13.3 Å². The van der Waals surface area contributed by atoms with Gasteiger partial charge in [-0.15, -0.1) is 0 Å². The minimum absolute atomic E-state index is 0.352. The average Bonchev–Trinajstić information content (AvgIpc) is 2.37. The molecule has 0 atom stereocenters. The summed E-state index contributed by atoms with van der Waals surface area (Å²) in [6, 6.07) is 3.46. The second-order valence-corrected chi connectivity index (χ2v) is 4.70. The van der Waals surface area contributed by atoms with Crippen molar-refractivity contribution >= 4 is 11.7 Å². The molecule has 0 fully saturated rings. The lowest BCUT2D eigenvalue weighted by Crippen LogP contribution is -2.15. The van der Waals surface area contributed by atoms with E-state index in [0.717, 1.165) is 18.5 Å². The van der Waals surface area contributed by atoms with Crippen LogP contribution >= 0.6 is 0 Å². The molecule has 2 N–H and O–H groups in total. The van der Waals surface area contributed by atoms with Crippen LogP contribution < -0.4 is 10.5 Å². The van der Waals surface area contributed by atoms with Gasteiger partial charge in [-0.25, -0.2) is 4.79 Å². The molecule has 1 aromatic carbocycles. The first-order valence-corrected chi connectivity index (χ1v) is 6.21. The molecule has 19 heavy (non-hydrogen) atoms. The van der Waals surface area contributed by atoms with Gasteiger partial charge < -0.3 is 20.1 Å². The summed E-state index contributed by atoms with van der Waals surface area (Å²) in [5.41, 5.74) is 7.46. The third-order valence-electron chi connectivity index (χ3n) is 2.78. The number of hydrogen-bond donors (Lipinski definition) is 1. The van der Waals surface area contributed by atoms with Gasteiger partial charge in [-0.3, -0.25) is 0 Å². The fourth-order valence-electron chi connectivity index (χ4n) is 1.70. The van der Waals surface area contributed by atoms with Crippen LogP contribution in [0.3, 0.4) is 0 Å². The number of carbonyl (C=O) groups excluding carboxylic acids is 1. The van der Waals surface area contributed by atoms with Gasteiger partial charge in [0.05, 0.1) is 19.3 Å². The minimum atomic E-state index is -0.445. The first kappa shape index (κ1) is 15.3. The molecule has 106 valence electrons. The van der Waals surface area contributed by atoms with E-state index in [4.69, 9.17) is 15.2 Å². The summed E-state index contributed by atoms with van der Waals surface area (Å²) in [6.45, 7) is 3.40. The van der Waals surface area contributed by atoms with E-state index in [9.17, 15) is 4.79 Å². The Labute approximate surface area is 114 Å². The quantitative estimate of drug-likeness (QED) is 0.482. The number of hydrogen-bond acceptors (Lipinski definition) is 5. The highest BCUT2D eigenvalue weighted by molar-refractivity contribution is 5.96. The van der Waals surface area contributed by atoms with Gasteiger partial charge in [0.25, 0.3) is 0 Å². The molecule has 0 aliphatic heterocycles. The molecule has 0 aliphatic rings. The molecule has 0 spiro atoms. The Hall–Kier alpha value is -1.75. The van der Waals surface area contributed by atoms with Gasteiger partial charge in [-0.2, -0.15) is 0 Å². The van der Waals surface area contributed by atoms with Gasteiger partial charge >= 0.3 is 5.97 Å². The van der Waals surface area contributed by atoms with Crippen molar-refractivity contribution in [1.29, 1.82) is 0 Å². The summed E-state index contributed by atoms with van der Waals surface area (Å²) in [4.78, 5) is 13.7. The second kappa shape index (κ2) is 6.99. The number of nitrogens with zero attached hydrogens (tertiary/aromatic N) is 1. The monoisotopic (exact) mass is 266 g/mol. The topological polar surface area (TPSA) is 64.8 Å². The molecule has 1 aromatic rings. The number of ether oxygens (including phenoxy) is 2. The van der Waals surface area contributed by atoms with Crippen LogP contribution in [0, 0.1) is 6.92 Å². The number of aryl methyl sites for hydroxylation is 1. The van der Waals surface area contributed by atoms with Gasteiger partial charge in [0.2, 0.25) is 0 Å². The Balaban J connectivity index is 2.74. The fourth-order valence-corrected chi connectivity index (χ4v) is 1.70. The summed E-state index contributed by atoms with van der Waals surface area (Å²) < 4.78 is 10.3. The Morgan fingerprint density at radius 3 is 2.63 bits per heavy atom. The first-order chi connectivity index (χ1) is 8.95. The molecule has 0 radical (unpaired) electrons. The van der Waals surface area contributed by atoms with E-state index in [1.165, 1.54) is 7.11 Å². The minimum Gasteiger partial charge on any atom is -0.494 e. The highest BCUT2D eigenvalue weighted by Crippen LogP contribution is 2.25. The van der Waals surface area contributed by atoms with Gasteiger partial charge in [0, 0.05) is 12.2 Å². The van der Waals surface area contributed by atoms with E-state index < -0.39 is 5.97 Å². The number of nitrogens with two attached hydrogens (primary N) is 1. The largest absolute Gasteiger partial charge is 0.494 e. The maximum absolute atomic E-state index is 11.6. The molecule has 5 heteroatoms. The van der Waals surface area contributed by atoms with E-state index in [-0.39, 0.29) is 0 Å². The zero-order valence-corrected chi connectivity index (χ0v) is 12.0. The molecule has 0 aliphatic carbocycles. The van der Waals surface area contributed by atoms with Crippen LogP contribution in [0.4, 0.5) is 5.69 Å². The summed E-state index contributed by atoms with van der Waals surface area (Å²) in [5.74, 6) is 0.199. The Morgan fingerprint density at radius 1 is 1.37 bits per heavy atom. The molecule has 0 bridgehead atoms. The highest BCUT2D eigenvalue weighted by Gasteiger charge is 2.13. The van der Waals surface area contributed by atoms with E-state index >= 15 is 0 Å². The molecule has 1 rings (SSSR count). The smallest absolute Gasteiger partial charge is 0.340 e. The van der Waals surface area contributed by atoms with Gasteiger partial charge in [-0.1, -0.05) is 0 Å². The third-order valence-corrected chi connectivity index (χ3v) is 2.78. The molecule has 0 amide bonds. The van der Waals surface area contributed by atoms with Crippen molar-refractivity contribution in [2.75, 3.05) is 40.1 Å². The molecule has 0 aromatic heterocycles. The van der Waals surface area contributed by atoms with E-state index in [1.54, 1.807) is 6.07 Å². The maximum atomic E-state index is 11.6. The van der Waals surface area contributed by atoms with Crippen LogP contribution in [0.5, 0.6) is 5.75 Å². The predicted octanol–water partition coefficient (Wildman–Crippen LogP) is 1.69. The summed E-state index contributed by atoms with van der Waals surface area (Å²) in [6.07, 6.45) is 0.921. The zero-order chi connectivity index (χ0) is 14.4. The van der Waals surface area contributed by atoms with Crippen molar-refractivity contribution in [2.24, 2.45) is 0 Å². The van der Waals surface area contributed by atoms with Crippen LogP contribution in [0.15, 0.2) is 12.1 Å². The molecule has 0 heterocycles. The molecular formula is C14H22N2O3. The molecule has 0 saturated heterocycles. The van der Waals surface area contributed by atoms with E-state index in [1.807, 2.05) is 27.1 Å². The SMILES string of the molecule is COC(=O)c1cc(OCCCN(C)C)cc(C)c1N. The van der Waals surface area contributed by atoms with E-state index in [2.05, 4.69) is 4.90 Å². The second-order valence-electron chi connectivity index (χ2n) is 4.70. The standard InChI is InChI=1S/C14H22N2O3/c1-10-8-11(19-7-5-6-16(2)3)9-12(13(10)15)14(17)18-4/h8-9H,5-7,15H2,1-4H3. The molecular weight excluding hydrogens is 244 g/mol. The number of anilines is 1. The number of esters is 1. The van der Waals surface area contributed by atoms with Gasteiger partial charge in [-0.05, 0) is 45.1 Å². The van der Waals surface area contributed by atoms with Crippen LogP contribution in [-0.2, 0) is 4.74 Å². The molecule has 0 unspecified atom stereocenters. The lowest BCUT2D eigenvalue weighted by Gasteiger charge is -2.13. The van der Waals surface area contributed by atoms with Crippen molar-refractivity contribution < 1.29 is 14.3 Å². The third kappa shape index (κ3) is 4.44. The fraction of sp³-hybridized carbons (Fsp3) is 0.500. The van der Waals surface area contributed by atoms with Crippen molar-refractivity contribution in [1.82, 2.24) is 4.90 Å². The van der Waals surface area contributed by atoms with Crippen molar-refractivity contribution in [3.63, 3.8) is 0 Å². The van der Waals surface area contributed by atoms with Crippen LogP contribution in [0.1, 0.15) is 22.3 Å². The summed E-state index contributed by atoms with van der Waals surface area (Å²) >= 11 is 0.